The third-order valence-corrected chi connectivity index (χ3v) is 6.16. The number of aliphatic imine (C=N–C) groups is 1. The predicted octanol–water partition coefficient (Wildman–Crippen LogP) is 0.887. The first kappa shape index (κ1) is 18.0. The fraction of sp³-hybridized carbons (Fsp3) is 0.944. The van der Waals surface area contributed by atoms with E-state index in [9.17, 15) is 0 Å². The normalized spacial score (nSPS) is 31.5. The molecule has 2 aliphatic heterocycles. The smallest absolute Gasteiger partial charge is 0.191 e. The second-order valence-corrected chi connectivity index (χ2v) is 8.01. The fourth-order valence-corrected chi connectivity index (χ4v) is 4.25. The van der Waals surface area contributed by atoms with Crippen LogP contribution in [0.15, 0.2) is 4.99 Å². The van der Waals surface area contributed by atoms with Crippen molar-refractivity contribution in [2.24, 2.45) is 4.99 Å². The quantitative estimate of drug-likeness (QED) is 0.576. The standard InChI is InChI=1S/C18H35N5O/c1-14-11-15(12-23(14)16-5-6-16)21-17(19-2)20-13-18(22(3)4)7-9-24-10-8-18/h14-16H,5-13H2,1-4H3,(H2,19,20,21). The van der Waals surface area contributed by atoms with Gasteiger partial charge < -0.3 is 20.3 Å². The topological polar surface area (TPSA) is 52.1 Å². The van der Waals surface area contributed by atoms with Crippen LogP contribution in [0.5, 0.6) is 0 Å². The van der Waals surface area contributed by atoms with Gasteiger partial charge in [-0.2, -0.15) is 0 Å². The van der Waals surface area contributed by atoms with Gasteiger partial charge in [0.2, 0.25) is 0 Å². The van der Waals surface area contributed by atoms with Crippen LogP contribution in [0.1, 0.15) is 39.0 Å². The summed E-state index contributed by atoms with van der Waals surface area (Å²) in [7, 11) is 6.23. The zero-order chi connectivity index (χ0) is 17.2. The molecule has 138 valence electrons. The lowest BCUT2D eigenvalue weighted by molar-refractivity contribution is -0.00502. The van der Waals surface area contributed by atoms with Crippen molar-refractivity contribution in [1.82, 2.24) is 20.4 Å². The molecule has 1 aliphatic carbocycles. The summed E-state index contributed by atoms with van der Waals surface area (Å²) in [5.74, 6) is 0.942. The highest BCUT2D eigenvalue weighted by Gasteiger charge is 2.39. The lowest BCUT2D eigenvalue weighted by atomic mass is 9.88. The van der Waals surface area contributed by atoms with E-state index in [4.69, 9.17) is 4.74 Å². The molecule has 2 heterocycles. The SMILES string of the molecule is CN=C(NCC1(N(C)C)CCOCC1)NC1CC(C)N(C2CC2)C1. The second-order valence-electron chi connectivity index (χ2n) is 8.01. The zero-order valence-corrected chi connectivity index (χ0v) is 15.8. The van der Waals surface area contributed by atoms with Gasteiger partial charge in [0, 0.05) is 57.0 Å². The highest BCUT2D eigenvalue weighted by molar-refractivity contribution is 5.80. The maximum Gasteiger partial charge on any atom is 0.191 e. The molecule has 6 nitrogen and oxygen atoms in total. The lowest BCUT2D eigenvalue weighted by Gasteiger charge is -2.43. The maximum atomic E-state index is 5.56. The molecule has 0 aromatic heterocycles. The Kier molecular flexibility index (Phi) is 5.67. The number of hydrogen-bond donors (Lipinski definition) is 2. The molecule has 24 heavy (non-hydrogen) atoms. The molecule has 0 spiro atoms. The van der Waals surface area contributed by atoms with E-state index in [-0.39, 0.29) is 5.54 Å². The van der Waals surface area contributed by atoms with Gasteiger partial charge in [0.25, 0.3) is 0 Å². The number of nitrogens with one attached hydrogen (secondary N) is 2. The number of ether oxygens (including phenoxy) is 1. The van der Waals surface area contributed by atoms with Gasteiger partial charge in [-0.05, 0) is 53.1 Å². The van der Waals surface area contributed by atoms with Crippen molar-refractivity contribution in [3.8, 4) is 0 Å². The molecular weight excluding hydrogens is 302 g/mol. The zero-order valence-electron chi connectivity index (χ0n) is 15.8. The molecule has 3 aliphatic rings. The number of guanidine groups is 1. The number of rotatable bonds is 5. The van der Waals surface area contributed by atoms with Crippen LogP contribution in [0.3, 0.4) is 0 Å². The fourth-order valence-electron chi connectivity index (χ4n) is 4.25. The molecule has 2 saturated heterocycles. The van der Waals surface area contributed by atoms with Gasteiger partial charge in [0.05, 0.1) is 0 Å². The van der Waals surface area contributed by atoms with E-state index in [0.717, 1.165) is 51.1 Å². The first-order valence-electron chi connectivity index (χ1n) is 9.52. The molecule has 3 fully saturated rings. The summed E-state index contributed by atoms with van der Waals surface area (Å²) in [6.45, 7) is 6.13. The molecule has 6 heteroatoms. The number of likely N-dealkylation sites (N-methyl/N-ethyl adjacent to an activating group) is 1. The monoisotopic (exact) mass is 337 g/mol. The highest BCUT2D eigenvalue weighted by Crippen LogP contribution is 2.33. The first-order valence-corrected chi connectivity index (χ1v) is 9.52. The number of nitrogens with zero attached hydrogens (tertiary/aromatic N) is 3. The van der Waals surface area contributed by atoms with Crippen LogP contribution in [0.2, 0.25) is 0 Å². The Balaban J connectivity index is 1.51. The Bertz CT molecular complexity index is 443. The molecule has 2 N–H and O–H groups in total. The number of likely N-dealkylation sites (tertiary alicyclic amines) is 1. The molecule has 0 radical (unpaired) electrons. The van der Waals surface area contributed by atoms with Crippen molar-refractivity contribution in [2.75, 3.05) is 47.4 Å². The maximum absolute atomic E-state index is 5.56. The van der Waals surface area contributed by atoms with Crippen molar-refractivity contribution < 1.29 is 4.74 Å². The van der Waals surface area contributed by atoms with E-state index in [1.807, 2.05) is 7.05 Å². The molecular formula is C18H35N5O. The van der Waals surface area contributed by atoms with E-state index in [0.29, 0.717) is 12.1 Å². The molecule has 0 bridgehead atoms. The molecule has 0 amide bonds. The van der Waals surface area contributed by atoms with Gasteiger partial charge in [0.15, 0.2) is 5.96 Å². The summed E-state index contributed by atoms with van der Waals surface area (Å²) < 4.78 is 5.56. The summed E-state index contributed by atoms with van der Waals surface area (Å²) in [5, 5.41) is 7.24. The summed E-state index contributed by atoms with van der Waals surface area (Å²) >= 11 is 0. The molecule has 2 atom stereocenters. The van der Waals surface area contributed by atoms with Gasteiger partial charge >= 0.3 is 0 Å². The largest absolute Gasteiger partial charge is 0.381 e. The van der Waals surface area contributed by atoms with E-state index in [1.54, 1.807) is 0 Å². The predicted molar refractivity (Wildman–Crippen MR) is 98.6 cm³/mol. The van der Waals surface area contributed by atoms with Crippen LogP contribution in [-0.4, -0.2) is 86.9 Å². The van der Waals surface area contributed by atoms with Crippen LogP contribution >= 0.6 is 0 Å². The highest BCUT2D eigenvalue weighted by atomic mass is 16.5. The Morgan fingerprint density at radius 2 is 2.00 bits per heavy atom. The van der Waals surface area contributed by atoms with Gasteiger partial charge in [0.1, 0.15) is 0 Å². The Hall–Kier alpha value is -0.850. The molecule has 2 unspecified atom stereocenters. The summed E-state index contributed by atoms with van der Waals surface area (Å²) in [6.07, 6.45) is 6.12. The van der Waals surface area contributed by atoms with Crippen molar-refractivity contribution in [2.45, 2.75) is 62.7 Å². The minimum Gasteiger partial charge on any atom is -0.381 e. The van der Waals surface area contributed by atoms with Gasteiger partial charge in [-0.1, -0.05) is 0 Å². The molecule has 0 aromatic carbocycles. The summed E-state index contributed by atoms with van der Waals surface area (Å²) in [5.41, 5.74) is 0.166. The van der Waals surface area contributed by atoms with Crippen LogP contribution in [-0.2, 0) is 4.74 Å². The van der Waals surface area contributed by atoms with Crippen LogP contribution in [0.25, 0.3) is 0 Å². The number of hydrogen-bond acceptors (Lipinski definition) is 4. The van der Waals surface area contributed by atoms with E-state index >= 15 is 0 Å². The van der Waals surface area contributed by atoms with Crippen molar-refractivity contribution in [3.05, 3.63) is 0 Å². The minimum absolute atomic E-state index is 0.166. The van der Waals surface area contributed by atoms with Gasteiger partial charge in [-0.15, -0.1) is 0 Å². The minimum atomic E-state index is 0.166. The average molecular weight is 338 g/mol. The molecule has 3 rings (SSSR count). The van der Waals surface area contributed by atoms with Crippen LogP contribution in [0.4, 0.5) is 0 Å². The van der Waals surface area contributed by atoms with E-state index < -0.39 is 0 Å². The molecule has 0 aromatic rings. The Morgan fingerprint density at radius 1 is 1.29 bits per heavy atom. The van der Waals surface area contributed by atoms with Crippen LogP contribution < -0.4 is 10.6 Å². The van der Waals surface area contributed by atoms with Crippen molar-refractivity contribution in [1.29, 1.82) is 0 Å². The van der Waals surface area contributed by atoms with E-state index in [2.05, 4.69) is 46.4 Å². The third kappa shape index (κ3) is 4.03. The lowest BCUT2D eigenvalue weighted by Crippen LogP contribution is -2.57. The van der Waals surface area contributed by atoms with Crippen LogP contribution in [0, 0.1) is 0 Å². The third-order valence-electron chi connectivity index (χ3n) is 6.16. The summed E-state index contributed by atoms with van der Waals surface area (Å²) in [6, 6.07) is 2.05. The van der Waals surface area contributed by atoms with Gasteiger partial charge in [-0.25, -0.2) is 0 Å². The van der Waals surface area contributed by atoms with Gasteiger partial charge in [-0.3, -0.25) is 9.89 Å². The second kappa shape index (κ2) is 7.58. The molecule has 1 saturated carbocycles. The Morgan fingerprint density at radius 3 is 2.58 bits per heavy atom. The Labute approximate surface area is 147 Å². The van der Waals surface area contributed by atoms with Crippen molar-refractivity contribution >= 4 is 5.96 Å². The first-order chi connectivity index (χ1) is 11.5. The van der Waals surface area contributed by atoms with E-state index in [1.165, 1.54) is 19.3 Å². The average Bonchev–Trinajstić information content (AvgIpc) is 3.35. The van der Waals surface area contributed by atoms with Crippen molar-refractivity contribution in [3.63, 3.8) is 0 Å². The summed E-state index contributed by atoms with van der Waals surface area (Å²) in [4.78, 5) is 9.48.